The molecule has 0 aliphatic rings. The van der Waals surface area contributed by atoms with Crippen molar-refractivity contribution in [3.05, 3.63) is 123 Å². The van der Waals surface area contributed by atoms with E-state index in [-0.39, 0.29) is 12.4 Å². The lowest BCUT2D eigenvalue weighted by Crippen LogP contribution is -1.97. The molecule has 39 heavy (non-hydrogen) atoms. The minimum atomic E-state index is 0. The Morgan fingerprint density at radius 2 is 1.31 bits per heavy atom. The van der Waals surface area contributed by atoms with E-state index in [0.29, 0.717) is 11.8 Å². The number of ether oxygens (including phenoxy) is 1. The van der Waals surface area contributed by atoms with Crippen molar-refractivity contribution in [1.82, 2.24) is 19.9 Å². The minimum absolute atomic E-state index is 0. The summed E-state index contributed by atoms with van der Waals surface area (Å²) in [6.45, 7) is 0.554. The number of benzene rings is 4. The first kappa shape index (κ1) is 28.7. The molecule has 0 atom stereocenters. The molecule has 0 bridgehead atoms. The molecule has 6 rings (SSSR count). The van der Waals surface area contributed by atoms with E-state index in [1.165, 1.54) is 6.33 Å². The Kier molecular flexibility index (Phi) is 10.1. The minimum Gasteiger partial charge on any atom is -0.489 e. The van der Waals surface area contributed by atoms with Gasteiger partial charge in [0.05, 0.1) is 11.0 Å². The molecule has 0 fully saturated rings. The van der Waals surface area contributed by atoms with Crippen LogP contribution in [0.3, 0.4) is 0 Å². The number of fused-ring (bicyclic) bond motifs is 2. The zero-order chi connectivity index (χ0) is 26.3. The molecule has 0 radical (unpaired) electrons. The summed E-state index contributed by atoms with van der Waals surface area (Å²) >= 11 is 12.7. The van der Waals surface area contributed by atoms with Crippen molar-refractivity contribution in [1.29, 1.82) is 0 Å². The van der Waals surface area contributed by atoms with Crippen LogP contribution in [0.5, 0.6) is 5.75 Å². The number of rotatable bonds is 5. The molecule has 0 aliphatic heterocycles. The molecule has 0 amide bonds. The molecule has 0 saturated carbocycles. The summed E-state index contributed by atoms with van der Waals surface area (Å²) < 4.78 is 7.80. The first-order valence-electron chi connectivity index (χ1n) is 11.5. The highest BCUT2D eigenvalue weighted by Crippen LogP contribution is 2.27. The normalized spacial score (nSPS) is 10.3. The van der Waals surface area contributed by atoms with Gasteiger partial charge in [-0.1, -0.05) is 73.8 Å². The number of hydrogen-bond donors (Lipinski definition) is 1. The number of halogens is 4. The molecule has 1 N–H and O–H groups in total. The van der Waals surface area contributed by atoms with Crippen LogP contribution in [0.15, 0.2) is 113 Å². The van der Waals surface area contributed by atoms with E-state index in [1.807, 2.05) is 91.0 Å². The van der Waals surface area contributed by atoms with Crippen LogP contribution in [-0.2, 0) is 6.61 Å². The molecule has 0 aliphatic carbocycles. The van der Waals surface area contributed by atoms with Gasteiger partial charge < -0.3 is 10.1 Å². The monoisotopic (exact) mass is 683 g/mol. The Balaban J connectivity index is 0.000000228. The highest BCUT2D eigenvalue weighted by Gasteiger charge is 2.05. The van der Waals surface area contributed by atoms with Gasteiger partial charge in [0.15, 0.2) is 0 Å². The number of nitrogens with one attached hydrogen (secondary N) is 1. The van der Waals surface area contributed by atoms with Crippen molar-refractivity contribution >= 4 is 89.2 Å². The van der Waals surface area contributed by atoms with E-state index in [0.717, 1.165) is 53.6 Å². The van der Waals surface area contributed by atoms with Crippen LogP contribution in [0, 0.1) is 0 Å². The van der Waals surface area contributed by atoms with Crippen molar-refractivity contribution < 1.29 is 4.74 Å². The third-order valence-electron chi connectivity index (χ3n) is 5.51. The molecular weight excluding hydrogens is 665 g/mol. The van der Waals surface area contributed by atoms with Crippen LogP contribution < -0.4 is 10.1 Å². The molecule has 6 nitrogen and oxygen atoms in total. The number of aromatic nitrogens is 4. The quantitative estimate of drug-likeness (QED) is 0.183. The van der Waals surface area contributed by atoms with Gasteiger partial charge in [-0.05, 0) is 66.2 Å². The SMILES string of the molecule is Brc1ccc2ncnc(Nc3ccc(OCc4ccccc4)cc3)c2c1.Cl.Clc1ncnc2ccc(Br)cc12. The molecular formula is C29H21Br2Cl2N5O. The van der Waals surface area contributed by atoms with Crippen molar-refractivity contribution in [2.45, 2.75) is 6.61 Å². The predicted octanol–water partition coefficient (Wildman–Crippen LogP) is 9.18. The Bertz CT molecular complexity index is 1690. The second-order valence-electron chi connectivity index (χ2n) is 8.13. The first-order chi connectivity index (χ1) is 18.5. The van der Waals surface area contributed by atoms with E-state index in [2.05, 4.69) is 57.1 Å². The van der Waals surface area contributed by atoms with Crippen LogP contribution in [0.25, 0.3) is 21.8 Å². The van der Waals surface area contributed by atoms with Gasteiger partial charge in [-0.3, -0.25) is 0 Å². The summed E-state index contributed by atoms with van der Waals surface area (Å²) in [7, 11) is 0. The lowest BCUT2D eigenvalue weighted by molar-refractivity contribution is 0.306. The first-order valence-corrected chi connectivity index (χ1v) is 13.5. The van der Waals surface area contributed by atoms with Gasteiger partial charge >= 0.3 is 0 Å². The maximum Gasteiger partial charge on any atom is 0.141 e. The van der Waals surface area contributed by atoms with Crippen LogP contribution >= 0.6 is 55.9 Å². The number of hydrogen-bond acceptors (Lipinski definition) is 6. The second kappa shape index (κ2) is 13.7. The van der Waals surface area contributed by atoms with Gasteiger partial charge in [0.1, 0.15) is 36.0 Å². The molecule has 0 spiro atoms. The average Bonchev–Trinajstić information content (AvgIpc) is 2.94. The lowest BCUT2D eigenvalue weighted by atomic mass is 10.2. The van der Waals surface area contributed by atoms with Crippen molar-refractivity contribution in [2.75, 3.05) is 5.32 Å². The second-order valence-corrected chi connectivity index (χ2v) is 10.3. The summed E-state index contributed by atoms with van der Waals surface area (Å²) in [6, 6.07) is 29.6. The molecule has 10 heteroatoms. The maximum atomic E-state index is 5.86. The van der Waals surface area contributed by atoms with E-state index in [9.17, 15) is 0 Å². The summed E-state index contributed by atoms with van der Waals surface area (Å²) in [4.78, 5) is 16.6. The summed E-state index contributed by atoms with van der Waals surface area (Å²) in [5.74, 6) is 1.60. The topological polar surface area (TPSA) is 72.8 Å². The number of nitrogens with zero attached hydrogens (tertiary/aromatic N) is 4. The van der Waals surface area contributed by atoms with Crippen molar-refractivity contribution in [3.8, 4) is 5.75 Å². The van der Waals surface area contributed by atoms with Crippen LogP contribution in [-0.4, -0.2) is 19.9 Å². The third-order valence-corrected chi connectivity index (χ3v) is 6.80. The highest BCUT2D eigenvalue weighted by atomic mass is 79.9. The van der Waals surface area contributed by atoms with Crippen LogP contribution in [0.1, 0.15) is 5.56 Å². The largest absolute Gasteiger partial charge is 0.489 e. The van der Waals surface area contributed by atoms with Gasteiger partial charge in [-0.2, -0.15) is 0 Å². The third kappa shape index (κ3) is 7.64. The maximum absolute atomic E-state index is 5.86. The van der Waals surface area contributed by atoms with E-state index >= 15 is 0 Å². The molecule has 4 aromatic carbocycles. The van der Waals surface area contributed by atoms with E-state index in [4.69, 9.17) is 16.3 Å². The number of anilines is 2. The Morgan fingerprint density at radius 3 is 2.00 bits per heavy atom. The van der Waals surface area contributed by atoms with Gasteiger partial charge in [0.2, 0.25) is 0 Å². The standard InChI is InChI=1S/C21H16BrN3O.C8H4BrClN2.ClH/c22-16-6-11-20-19(12-16)21(24-14-23-20)25-17-7-9-18(10-8-17)26-13-15-4-2-1-3-5-15;9-5-1-2-7-6(3-5)8(10)12-4-11-7;/h1-12,14H,13H2,(H,23,24,25);1-4H;1H. The fourth-order valence-electron chi connectivity index (χ4n) is 3.64. The summed E-state index contributed by atoms with van der Waals surface area (Å²) in [5, 5.41) is 5.67. The van der Waals surface area contributed by atoms with E-state index in [1.54, 1.807) is 6.33 Å². The Morgan fingerprint density at radius 1 is 0.692 bits per heavy atom. The van der Waals surface area contributed by atoms with Crippen molar-refractivity contribution in [3.63, 3.8) is 0 Å². The fraction of sp³-hybridized carbons (Fsp3) is 0.0345. The molecule has 0 saturated heterocycles. The zero-order valence-electron chi connectivity index (χ0n) is 20.3. The fourth-order valence-corrected chi connectivity index (χ4v) is 4.56. The Hall–Kier alpha value is -3.30. The van der Waals surface area contributed by atoms with Gasteiger partial charge in [-0.25, -0.2) is 19.9 Å². The highest BCUT2D eigenvalue weighted by molar-refractivity contribution is 9.10. The molecule has 6 aromatic rings. The van der Waals surface area contributed by atoms with Crippen LogP contribution in [0.2, 0.25) is 5.15 Å². The molecule has 0 unspecified atom stereocenters. The predicted molar refractivity (Wildman–Crippen MR) is 167 cm³/mol. The zero-order valence-corrected chi connectivity index (χ0v) is 25.0. The average molecular weight is 686 g/mol. The van der Waals surface area contributed by atoms with Gasteiger partial charge in [0.25, 0.3) is 0 Å². The molecule has 196 valence electrons. The summed E-state index contributed by atoms with van der Waals surface area (Å²) in [5.41, 5.74) is 3.84. The van der Waals surface area contributed by atoms with Gasteiger partial charge in [0, 0.05) is 25.4 Å². The molecule has 2 aromatic heterocycles. The summed E-state index contributed by atoms with van der Waals surface area (Å²) in [6.07, 6.45) is 3.02. The smallest absolute Gasteiger partial charge is 0.141 e. The lowest BCUT2D eigenvalue weighted by Gasteiger charge is -2.10. The molecule has 2 heterocycles. The van der Waals surface area contributed by atoms with Crippen LogP contribution in [0.4, 0.5) is 11.5 Å². The Labute approximate surface area is 253 Å². The van der Waals surface area contributed by atoms with Crippen molar-refractivity contribution in [2.24, 2.45) is 0 Å². The van der Waals surface area contributed by atoms with E-state index < -0.39 is 0 Å². The van der Waals surface area contributed by atoms with Gasteiger partial charge in [-0.15, -0.1) is 12.4 Å².